The molecule has 63 heavy (non-hydrogen) atoms. The van der Waals surface area contributed by atoms with Crippen molar-refractivity contribution in [2.45, 2.75) is 68.3 Å². The van der Waals surface area contributed by atoms with Crippen molar-refractivity contribution in [3.63, 3.8) is 0 Å². The van der Waals surface area contributed by atoms with Gasteiger partial charge in [-0.2, -0.15) is 0 Å². The third-order valence-corrected chi connectivity index (χ3v) is 9.83. The fourth-order valence-electron chi connectivity index (χ4n) is 6.61. The maximum atomic E-state index is 14.1. The molecule has 342 valence electrons. The highest BCUT2D eigenvalue weighted by Crippen LogP contribution is 2.40. The third kappa shape index (κ3) is 10.9. The van der Waals surface area contributed by atoms with Gasteiger partial charge in [0.25, 0.3) is 0 Å². The van der Waals surface area contributed by atoms with Crippen molar-refractivity contribution in [3.8, 4) is 40.1 Å². The molecule has 0 amide bonds. The highest BCUT2D eigenvalue weighted by Gasteiger charge is 2.48. The maximum absolute atomic E-state index is 14.1. The lowest BCUT2D eigenvalue weighted by atomic mass is 9.98. The van der Waals surface area contributed by atoms with E-state index in [0.29, 0.717) is 5.58 Å². The summed E-state index contributed by atoms with van der Waals surface area (Å²) in [6.45, 7) is -0.648. The van der Waals surface area contributed by atoms with Gasteiger partial charge in [0.2, 0.25) is 17.5 Å². The van der Waals surface area contributed by atoms with Crippen LogP contribution in [-0.2, 0) is 14.2 Å². The molecule has 7 rings (SSSR count). The van der Waals surface area contributed by atoms with Crippen LogP contribution in [0, 0.1) is 0 Å². The number of ether oxygens (including phenoxy) is 7. The molecule has 0 saturated carbocycles. The van der Waals surface area contributed by atoms with Crippen LogP contribution in [0.2, 0.25) is 0 Å². The fraction of sp³-hybridized carbons (Fsp3) is 0.429. The van der Waals surface area contributed by atoms with E-state index in [1.807, 2.05) is 18.2 Å². The van der Waals surface area contributed by atoms with Crippen molar-refractivity contribution in [1.82, 2.24) is 0 Å². The van der Waals surface area contributed by atoms with Gasteiger partial charge in [-0.1, -0.05) is 18.2 Å². The normalized spacial score (nSPS) is 25.9. The summed E-state index contributed by atoms with van der Waals surface area (Å²) in [5, 5.41) is 102. The van der Waals surface area contributed by atoms with Gasteiger partial charge in [0, 0.05) is 29.1 Å². The smallest absolute Gasteiger partial charge is 0.336 e. The predicted molar refractivity (Wildman–Crippen MR) is 215 cm³/mol. The van der Waals surface area contributed by atoms with Crippen LogP contribution in [0.3, 0.4) is 0 Å². The van der Waals surface area contributed by atoms with E-state index >= 15 is 0 Å². The number of hydrogen-bond acceptors (Lipinski definition) is 21. The van der Waals surface area contributed by atoms with Gasteiger partial charge in [-0.05, 0) is 37.3 Å². The molecule has 0 aliphatic carbocycles. The Kier molecular flexibility index (Phi) is 15.9. The molecule has 10 atom stereocenters. The Morgan fingerprint density at radius 2 is 1.30 bits per heavy atom. The third-order valence-electron chi connectivity index (χ3n) is 9.83. The predicted octanol–water partition coefficient (Wildman–Crippen LogP) is -0.898. The van der Waals surface area contributed by atoms with Crippen LogP contribution >= 0.6 is 0 Å². The van der Waals surface area contributed by atoms with Gasteiger partial charge in [-0.25, -0.2) is 4.79 Å². The highest BCUT2D eigenvalue weighted by atomic mass is 16.7. The second kappa shape index (κ2) is 21.3. The van der Waals surface area contributed by atoms with Gasteiger partial charge < -0.3 is 93.1 Å². The molecule has 2 saturated heterocycles. The number of phenolic OH excluding ortho intramolecular Hbond substituents is 1. The number of fused-ring (bicyclic) bond motifs is 2. The number of aliphatic hydroxyl groups is 9. The van der Waals surface area contributed by atoms with Gasteiger partial charge >= 0.3 is 5.63 Å². The molecular formula is C42H48O21. The monoisotopic (exact) mass is 888 g/mol. The molecule has 0 spiro atoms. The highest BCUT2D eigenvalue weighted by molar-refractivity contribution is 5.88. The molecular weight excluding hydrogens is 840 g/mol. The average molecular weight is 889 g/mol. The Bertz CT molecular complexity index is 2400. The van der Waals surface area contributed by atoms with E-state index in [1.165, 1.54) is 37.3 Å². The summed E-state index contributed by atoms with van der Waals surface area (Å²) in [6.07, 6.45) is -16.3. The number of para-hydroxylation sites is 1. The Morgan fingerprint density at radius 1 is 0.635 bits per heavy atom. The number of aromatic hydroxyl groups is 1. The summed E-state index contributed by atoms with van der Waals surface area (Å²) >= 11 is 0. The van der Waals surface area contributed by atoms with E-state index < -0.39 is 84.9 Å². The minimum atomic E-state index is -1.98. The van der Waals surface area contributed by atoms with Crippen molar-refractivity contribution < 1.29 is 93.1 Å². The summed E-state index contributed by atoms with van der Waals surface area (Å²) in [6, 6.07) is 17.2. The lowest BCUT2D eigenvalue weighted by Crippen LogP contribution is -2.61. The molecule has 10 N–H and O–H groups in total. The van der Waals surface area contributed by atoms with Gasteiger partial charge in [0.1, 0.15) is 90.6 Å². The van der Waals surface area contributed by atoms with Crippen LogP contribution in [0.25, 0.3) is 33.3 Å². The van der Waals surface area contributed by atoms with Gasteiger partial charge in [-0.15, -0.1) is 0 Å². The standard InChI is InChI=1S/C33H42O19.C9H6O2/c1-14-23(38)26(41)28(43)32(49-14)48-13-21-24(39)27(42)29(44)33(51-21)52-31-25(40)22-17(37)11-16(45-7-4-34)12-20(22)50-30(31)15-2-3-18(46-8-5-35)19(10-15)47-9-6-36;10-9-6-5-7-3-1-2-4-8(7)11-9/h2-3,10-12,14,21,23-24,26-29,32-39,41-44H,4-9,13H2,1H3;1-6H/t14-,21+,23-,24+,26+,27-,28+,29+,32+,33-;/m0./s1. The summed E-state index contributed by atoms with van der Waals surface area (Å²) in [5.74, 6) is -1.31. The second-order valence-electron chi connectivity index (χ2n) is 14.2. The van der Waals surface area contributed by atoms with Crippen LogP contribution in [0.4, 0.5) is 0 Å². The molecule has 21 nitrogen and oxygen atoms in total. The number of benzene rings is 3. The largest absolute Gasteiger partial charge is 0.507 e. The van der Waals surface area contributed by atoms with E-state index in [4.69, 9.17) is 42.0 Å². The van der Waals surface area contributed by atoms with Crippen molar-refractivity contribution in [2.24, 2.45) is 0 Å². The quantitative estimate of drug-likeness (QED) is 0.0570. The number of phenols is 1. The zero-order valence-electron chi connectivity index (χ0n) is 33.5. The topological polar surface area (TPSA) is 327 Å². The van der Waals surface area contributed by atoms with Crippen molar-refractivity contribution in [2.75, 3.05) is 46.2 Å². The fourth-order valence-corrected chi connectivity index (χ4v) is 6.61. The van der Waals surface area contributed by atoms with Gasteiger partial charge in [0.05, 0.1) is 32.5 Å². The second-order valence-corrected chi connectivity index (χ2v) is 14.2. The van der Waals surface area contributed by atoms with Crippen molar-refractivity contribution >= 4 is 21.9 Å². The molecule has 2 aromatic heterocycles. The Balaban J connectivity index is 0.000000517. The first-order chi connectivity index (χ1) is 30.3. The summed E-state index contributed by atoms with van der Waals surface area (Å²) in [4.78, 5) is 24.8. The van der Waals surface area contributed by atoms with Gasteiger partial charge in [0.15, 0.2) is 23.5 Å². The van der Waals surface area contributed by atoms with E-state index in [1.54, 1.807) is 12.1 Å². The van der Waals surface area contributed by atoms with Crippen molar-refractivity contribution in [1.29, 1.82) is 0 Å². The maximum Gasteiger partial charge on any atom is 0.336 e. The van der Waals surface area contributed by atoms with E-state index in [-0.39, 0.29) is 84.8 Å². The molecule has 0 unspecified atom stereocenters. The zero-order chi connectivity index (χ0) is 45.4. The van der Waals surface area contributed by atoms with Crippen molar-refractivity contribution in [3.05, 3.63) is 87.4 Å². The molecule has 0 radical (unpaired) electrons. The molecule has 2 aliphatic heterocycles. The first-order valence-electron chi connectivity index (χ1n) is 19.6. The summed E-state index contributed by atoms with van der Waals surface area (Å²) < 4.78 is 50.0. The number of aliphatic hydroxyl groups excluding tert-OH is 9. The van der Waals surface area contributed by atoms with Crippen LogP contribution in [0.5, 0.6) is 28.7 Å². The minimum absolute atomic E-state index is 0.0380. The SMILES string of the molecule is C[C@@H]1O[C@@H](OC[C@H]2O[C@@H](Oc3c(-c4ccc(OCCO)c(OCCO)c4)oc4cc(OCCO)cc(O)c4c3=O)[C@H](O)[C@@H](O)[C@@H]2O)[C@H](O)[C@H](O)[C@H]1O.O=c1ccc2ccccc2o1. The molecule has 2 aliphatic rings. The van der Waals surface area contributed by atoms with Crippen LogP contribution < -0.4 is 30.0 Å². The van der Waals surface area contributed by atoms with E-state index in [9.17, 15) is 60.7 Å². The Labute approximate surface area is 356 Å². The minimum Gasteiger partial charge on any atom is -0.507 e. The average Bonchev–Trinajstić information content (AvgIpc) is 3.28. The summed E-state index contributed by atoms with van der Waals surface area (Å²) in [7, 11) is 0. The zero-order valence-corrected chi connectivity index (χ0v) is 33.5. The lowest BCUT2D eigenvalue weighted by Gasteiger charge is -2.42. The number of rotatable bonds is 15. The summed E-state index contributed by atoms with van der Waals surface area (Å²) in [5.41, 5.74) is -0.740. The Hall–Kier alpha value is -5.40. The van der Waals surface area contributed by atoms with E-state index in [2.05, 4.69) is 0 Å². The van der Waals surface area contributed by atoms with Crippen LogP contribution in [0.1, 0.15) is 6.92 Å². The Morgan fingerprint density at radius 3 is 2.03 bits per heavy atom. The first kappa shape index (κ1) is 47.1. The molecule has 3 aromatic carbocycles. The van der Waals surface area contributed by atoms with Crippen LogP contribution in [-0.4, -0.2) is 159 Å². The molecule has 5 aromatic rings. The molecule has 0 bridgehead atoms. The molecule has 2 fully saturated rings. The first-order valence-corrected chi connectivity index (χ1v) is 19.6. The number of hydrogen-bond donors (Lipinski definition) is 10. The molecule has 4 heterocycles. The molecule has 21 heteroatoms. The van der Waals surface area contributed by atoms with Crippen LogP contribution in [0.15, 0.2) is 85.2 Å². The van der Waals surface area contributed by atoms with Gasteiger partial charge in [-0.3, -0.25) is 4.79 Å². The lowest BCUT2D eigenvalue weighted by molar-refractivity contribution is -0.318. The van der Waals surface area contributed by atoms with E-state index in [0.717, 1.165) is 11.5 Å².